The average Bonchev–Trinajstić information content (AvgIpc) is 0. The molecule has 0 atom stereocenters. The van der Waals surface area contributed by atoms with Crippen LogP contribution in [0.25, 0.3) is 0 Å². The van der Waals surface area contributed by atoms with E-state index in [9.17, 15) is 0 Å². The molecule has 0 saturated heterocycles. The van der Waals surface area contributed by atoms with Gasteiger partial charge in [0.2, 0.25) is 0 Å². The Morgan fingerprint density at radius 3 is 1.00 bits per heavy atom. The van der Waals surface area contributed by atoms with E-state index in [4.69, 9.17) is 0 Å². The zero-order chi connectivity index (χ0) is 0. The Bertz CT molecular complexity index is 8.00. The Labute approximate surface area is 74.2 Å². The Morgan fingerprint density at radius 2 is 1.00 bits per heavy atom. The van der Waals surface area contributed by atoms with Crippen LogP contribution in [0.15, 0.2) is 0 Å². The molecule has 0 spiro atoms. The third-order valence-corrected chi connectivity index (χ3v) is 0. The van der Waals surface area contributed by atoms with Crippen LogP contribution in [0.1, 0.15) is 0 Å². The van der Waals surface area contributed by atoms with Crippen molar-refractivity contribution < 1.29 is 19.5 Å². The standard InChI is InChI=1S/Al.Pb.Si.Zn. The minimum absolute atomic E-state index is 0. The van der Waals surface area contributed by atoms with Crippen molar-refractivity contribution >= 4 is 55.6 Å². The van der Waals surface area contributed by atoms with Gasteiger partial charge in [-0.3, -0.25) is 0 Å². The van der Waals surface area contributed by atoms with Gasteiger partial charge in [0.15, 0.2) is 0 Å². The van der Waals surface area contributed by atoms with Crippen LogP contribution in [0, 0.1) is 0 Å². The van der Waals surface area contributed by atoms with Crippen molar-refractivity contribution in [3.05, 3.63) is 0 Å². The molecule has 0 N–H and O–H groups in total. The monoisotopic (exact) mass is 327 g/mol. The summed E-state index contributed by atoms with van der Waals surface area (Å²) in [6.07, 6.45) is 0. The molecular weight excluding hydrogens is 328 g/mol. The first kappa shape index (κ1) is 33.5. The van der Waals surface area contributed by atoms with Crippen molar-refractivity contribution in [2.45, 2.75) is 0 Å². The van der Waals surface area contributed by atoms with Gasteiger partial charge in [0, 0.05) is 75.1 Å². The van der Waals surface area contributed by atoms with Gasteiger partial charge < -0.3 is 0 Å². The Kier molecular flexibility index (Phi) is 155. The van der Waals surface area contributed by atoms with E-state index in [1.54, 1.807) is 0 Å². The quantitative estimate of drug-likeness (QED) is 0.493. The van der Waals surface area contributed by atoms with Crippen molar-refractivity contribution in [2.24, 2.45) is 0 Å². The van der Waals surface area contributed by atoms with Crippen molar-refractivity contribution in [3.63, 3.8) is 0 Å². The van der Waals surface area contributed by atoms with E-state index in [0.717, 1.165) is 0 Å². The molecule has 13 valence electrons. The number of rotatable bonds is 0. The predicted molar refractivity (Wildman–Crippen MR) is 17.3 cm³/mol. The molecule has 11 radical (unpaired) electrons. The summed E-state index contributed by atoms with van der Waals surface area (Å²) in [5.41, 5.74) is 0. The first-order valence-corrected chi connectivity index (χ1v) is 0. The van der Waals surface area contributed by atoms with Gasteiger partial charge in [-0.25, -0.2) is 0 Å². The molecule has 0 aromatic heterocycles. The van der Waals surface area contributed by atoms with Crippen LogP contribution in [0.4, 0.5) is 0 Å². The van der Waals surface area contributed by atoms with Crippen LogP contribution in [0.5, 0.6) is 0 Å². The van der Waals surface area contributed by atoms with E-state index in [1.165, 1.54) is 0 Å². The fraction of sp³-hybridized carbons (Fsp3) is 0. The first-order chi connectivity index (χ1) is 0. The molecule has 4 heavy (non-hydrogen) atoms. The number of hydrogen-bond acceptors (Lipinski definition) is 0. The molecule has 0 amide bonds. The fourth-order valence-corrected chi connectivity index (χ4v) is 0. The minimum Gasteiger partial charge on any atom is 0 e. The van der Waals surface area contributed by atoms with Crippen LogP contribution in [-0.4, -0.2) is 55.6 Å². The van der Waals surface area contributed by atoms with Crippen molar-refractivity contribution in [1.29, 1.82) is 0 Å². The van der Waals surface area contributed by atoms with Gasteiger partial charge in [-0.1, -0.05) is 0 Å². The summed E-state index contributed by atoms with van der Waals surface area (Å²) in [4.78, 5) is 0. The molecule has 0 aliphatic rings. The van der Waals surface area contributed by atoms with E-state index < -0.39 is 0 Å². The van der Waals surface area contributed by atoms with Crippen molar-refractivity contribution in [1.82, 2.24) is 0 Å². The van der Waals surface area contributed by atoms with Crippen LogP contribution in [0.2, 0.25) is 0 Å². The molecule has 0 nitrogen and oxygen atoms in total. The topological polar surface area (TPSA) is 0 Å². The normalized spacial score (nSPS) is 0. The average molecular weight is 328 g/mol. The molecule has 0 heterocycles. The zero-order valence-corrected chi connectivity index (χ0v) is 11.3. The molecule has 0 rings (SSSR count). The molecule has 0 aromatic rings. The predicted octanol–water partition coefficient (Wildman–Crippen LogP) is -1.14. The summed E-state index contributed by atoms with van der Waals surface area (Å²) in [6, 6.07) is 0. The molecule has 0 fully saturated rings. The molecule has 4 heteroatoms. The molecule has 0 unspecified atom stereocenters. The molecule has 0 saturated carbocycles. The minimum atomic E-state index is 0. The summed E-state index contributed by atoms with van der Waals surface area (Å²) in [7, 11) is 0. The summed E-state index contributed by atoms with van der Waals surface area (Å²) >= 11 is 0. The largest absolute Gasteiger partial charge is 0 e. The molecule has 0 aliphatic carbocycles. The maximum absolute atomic E-state index is 0. The number of hydrogen-bond donors (Lipinski definition) is 0. The summed E-state index contributed by atoms with van der Waals surface area (Å²) in [5, 5.41) is 0. The van der Waals surface area contributed by atoms with Crippen LogP contribution in [0.3, 0.4) is 0 Å². The second-order valence-corrected chi connectivity index (χ2v) is 0. The van der Waals surface area contributed by atoms with Gasteiger partial charge in [-0.15, -0.1) is 0 Å². The van der Waals surface area contributed by atoms with E-state index in [2.05, 4.69) is 0 Å². The SMILES string of the molecule is [Al].[Pb].[Si].[Zn]. The third kappa shape index (κ3) is 8.85. The fourth-order valence-electron chi connectivity index (χ4n) is 0. The first-order valence-electron chi connectivity index (χ1n) is 0. The smallest absolute Gasteiger partial charge is 0 e. The molecular formula is AlPbSiZn. The van der Waals surface area contributed by atoms with E-state index in [1.807, 2.05) is 0 Å². The second kappa shape index (κ2) is 18.5. The Balaban J connectivity index is 0. The van der Waals surface area contributed by atoms with E-state index in [-0.39, 0.29) is 75.1 Å². The van der Waals surface area contributed by atoms with Gasteiger partial charge in [0.1, 0.15) is 0 Å². The maximum Gasteiger partial charge on any atom is 0 e. The summed E-state index contributed by atoms with van der Waals surface area (Å²) < 4.78 is 0. The third-order valence-electron chi connectivity index (χ3n) is 0. The Morgan fingerprint density at radius 1 is 1.00 bits per heavy atom. The van der Waals surface area contributed by atoms with Crippen LogP contribution in [-0.2, 0) is 19.5 Å². The molecule has 0 bridgehead atoms. The van der Waals surface area contributed by atoms with Crippen molar-refractivity contribution in [3.8, 4) is 0 Å². The van der Waals surface area contributed by atoms with Gasteiger partial charge in [0.05, 0.1) is 0 Å². The molecule has 0 aliphatic heterocycles. The van der Waals surface area contributed by atoms with E-state index >= 15 is 0 Å². The maximum atomic E-state index is 0. The van der Waals surface area contributed by atoms with Gasteiger partial charge in [-0.2, -0.15) is 0 Å². The molecule has 0 aromatic carbocycles. The summed E-state index contributed by atoms with van der Waals surface area (Å²) in [6.45, 7) is 0. The van der Waals surface area contributed by atoms with Crippen LogP contribution < -0.4 is 0 Å². The van der Waals surface area contributed by atoms with Gasteiger partial charge in [0.25, 0.3) is 0 Å². The van der Waals surface area contributed by atoms with Crippen molar-refractivity contribution in [2.75, 3.05) is 0 Å². The second-order valence-electron chi connectivity index (χ2n) is 0. The van der Waals surface area contributed by atoms with Gasteiger partial charge >= 0.3 is 0 Å². The summed E-state index contributed by atoms with van der Waals surface area (Å²) in [5.74, 6) is 0. The van der Waals surface area contributed by atoms with E-state index in [0.29, 0.717) is 0 Å². The van der Waals surface area contributed by atoms with Crippen LogP contribution >= 0.6 is 0 Å². The Hall–Kier alpha value is 2.29. The zero-order valence-electron chi connectivity index (χ0n) is 2.28. The van der Waals surface area contributed by atoms with Gasteiger partial charge in [-0.05, 0) is 0 Å².